The summed E-state index contributed by atoms with van der Waals surface area (Å²) in [5.74, 6) is 0. The lowest BCUT2D eigenvalue weighted by Gasteiger charge is -2.30. The lowest BCUT2D eigenvalue weighted by atomic mass is 10.1. The second-order valence-corrected chi connectivity index (χ2v) is 4.91. The minimum atomic E-state index is -0.660. The summed E-state index contributed by atoms with van der Waals surface area (Å²) in [5, 5.41) is 13.3. The monoisotopic (exact) mass is 325 g/mol. The van der Waals surface area contributed by atoms with Gasteiger partial charge in [-0.1, -0.05) is 0 Å². The third kappa shape index (κ3) is 3.58. The van der Waals surface area contributed by atoms with Crippen molar-refractivity contribution in [3.63, 3.8) is 0 Å². The van der Waals surface area contributed by atoms with Gasteiger partial charge in [-0.05, 0) is 12.1 Å². The summed E-state index contributed by atoms with van der Waals surface area (Å²) in [6.07, 6.45) is -0.734. The first-order chi connectivity index (χ1) is 11.0. The molecule has 1 aliphatic heterocycles. The van der Waals surface area contributed by atoms with Gasteiger partial charge in [-0.3, -0.25) is 15.0 Å². The maximum Gasteiger partial charge on any atom is 0.322 e. The molecule has 0 saturated carbocycles. The quantitative estimate of drug-likeness (QED) is 0.649. The van der Waals surface area contributed by atoms with E-state index in [1.807, 2.05) is 0 Å². The molecule has 1 aromatic carbocycles. The Morgan fingerprint density at radius 1 is 1.35 bits per heavy atom. The number of carbonyl (C=O) groups excluding carboxylic acids is 1. The van der Waals surface area contributed by atoms with Crippen LogP contribution in [0.25, 0.3) is 0 Å². The Labute approximate surface area is 133 Å². The number of nitro groups is 1. The van der Waals surface area contributed by atoms with Crippen molar-refractivity contribution in [2.75, 3.05) is 26.2 Å². The number of nitrogens with zero attached hydrogens (tertiary/aromatic N) is 2. The number of ether oxygens (including phenoxy) is 3. The Balaban J connectivity index is 2.33. The summed E-state index contributed by atoms with van der Waals surface area (Å²) in [5.41, 5.74) is 0.452. The molecule has 3 atom stereocenters. The fourth-order valence-corrected chi connectivity index (χ4v) is 2.51. The molecule has 126 valence electrons. The molecule has 0 aromatic heterocycles. The predicted molar refractivity (Wildman–Crippen MR) is 81.1 cm³/mol. The normalized spacial score (nSPS) is 23.5. The largest absolute Gasteiger partial charge is 0.356 e. The van der Waals surface area contributed by atoms with Crippen LogP contribution in [0.1, 0.15) is 6.42 Å². The highest BCUT2D eigenvalue weighted by Gasteiger charge is 2.42. The maximum atomic E-state index is 12.3. The minimum Gasteiger partial charge on any atom is -0.356 e. The topological polar surface area (TPSA) is 103 Å². The second kappa shape index (κ2) is 7.36. The van der Waals surface area contributed by atoms with Crippen molar-refractivity contribution < 1.29 is 23.9 Å². The van der Waals surface area contributed by atoms with Crippen molar-refractivity contribution in [2.45, 2.75) is 25.0 Å². The van der Waals surface area contributed by atoms with E-state index >= 15 is 0 Å². The van der Waals surface area contributed by atoms with Gasteiger partial charge < -0.3 is 19.5 Å². The van der Waals surface area contributed by atoms with Gasteiger partial charge in [0.25, 0.3) is 5.69 Å². The number of hydrogen-bond acceptors (Lipinski definition) is 6. The lowest BCUT2D eigenvalue weighted by molar-refractivity contribution is -0.384. The molecular weight excluding hydrogens is 306 g/mol. The van der Waals surface area contributed by atoms with Crippen LogP contribution in [0.5, 0.6) is 0 Å². The van der Waals surface area contributed by atoms with Gasteiger partial charge in [-0.25, -0.2) is 4.79 Å². The molecule has 2 amide bonds. The van der Waals surface area contributed by atoms with Crippen LogP contribution in [0.4, 0.5) is 16.2 Å². The van der Waals surface area contributed by atoms with E-state index in [0.29, 0.717) is 12.1 Å². The molecule has 1 aromatic rings. The van der Waals surface area contributed by atoms with E-state index in [2.05, 4.69) is 5.32 Å². The number of amides is 2. The molecular formula is C14H19N3O6. The average Bonchev–Trinajstić information content (AvgIpc) is 2.98. The van der Waals surface area contributed by atoms with Crippen molar-refractivity contribution in [1.82, 2.24) is 5.32 Å². The molecule has 0 spiro atoms. The molecule has 0 aliphatic carbocycles. The number of rotatable bonds is 5. The van der Waals surface area contributed by atoms with E-state index in [-0.39, 0.29) is 11.7 Å². The van der Waals surface area contributed by atoms with Crippen LogP contribution in [0.15, 0.2) is 24.3 Å². The zero-order valence-electron chi connectivity index (χ0n) is 13.1. The number of benzene rings is 1. The molecule has 2 rings (SSSR count). The number of nitrogens with one attached hydrogen (secondary N) is 1. The standard InChI is InChI=1S/C14H19N3O6/c1-15-14(18)16(9-4-6-10(7-5-9)17(19)20)11-8-12(21-2)23-13(11)22-3/h4-7,11-13H,8H2,1-3H3,(H,15,18). The van der Waals surface area contributed by atoms with Crippen LogP contribution in [-0.4, -0.2) is 50.8 Å². The van der Waals surface area contributed by atoms with E-state index in [0.717, 1.165) is 0 Å². The Hall–Kier alpha value is -2.23. The Bertz CT molecular complexity index is 564. The fraction of sp³-hybridized carbons (Fsp3) is 0.500. The molecule has 23 heavy (non-hydrogen) atoms. The summed E-state index contributed by atoms with van der Waals surface area (Å²) < 4.78 is 16.0. The number of urea groups is 1. The summed E-state index contributed by atoms with van der Waals surface area (Å²) in [7, 11) is 4.50. The van der Waals surface area contributed by atoms with Crippen LogP contribution in [-0.2, 0) is 14.2 Å². The van der Waals surface area contributed by atoms with E-state index in [1.54, 1.807) is 0 Å². The summed E-state index contributed by atoms with van der Waals surface area (Å²) >= 11 is 0. The van der Waals surface area contributed by atoms with Crippen LogP contribution < -0.4 is 10.2 Å². The van der Waals surface area contributed by atoms with Crippen molar-refractivity contribution in [1.29, 1.82) is 0 Å². The molecule has 0 bridgehead atoms. The van der Waals surface area contributed by atoms with Gasteiger partial charge in [-0.15, -0.1) is 0 Å². The van der Waals surface area contributed by atoms with Crippen LogP contribution in [0.3, 0.4) is 0 Å². The first-order valence-electron chi connectivity index (χ1n) is 6.98. The van der Waals surface area contributed by atoms with Crippen LogP contribution in [0.2, 0.25) is 0 Å². The number of carbonyl (C=O) groups is 1. The van der Waals surface area contributed by atoms with Gasteiger partial charge in [0.2, 0.25) is 0 Å². The molecule has 3 unspecified atom stereocenters. The van der Waals surface area contributed by atoms with Crippen molar-refractivity contribution in [2.24, 2.45) is 0 Å². The number of hydrogen-bond donors (Lipinski definition) is 1. The molecule has 9 nitrogen and oxygen atoms in total. The summed E-state index contributed by atoms with van der Waals surface area (Å²) in [6.45, 7) is 0. The maximum absolute atomic E-state index is 12.3. The lowest BCUT2D eigenvalue weighted by Crippen LogP contribution is -2.49. The smallest absolute Gasteiger partial charge is 0.322 e. The third-order valence-electron chi connectivity index (χ3n) is 3.63. The highest BCUT2D eigenvalue weighted by Crippen LogP contribution is 2.31. The molecule has 1 aliphatic rings. The molecule has 9 heteroatoms. The molecule has 1 saturated heterocycles. The van der Waals surface area contributed by atoms with Gasteiger partial charge in [-0.2, -0.15) is 0 Å². The van der Waals surface area contributed by atoms with Crippen molar-refractivity contribution in [3.05, 3.63) is 34.4 Å². The van der Waals surface area contributed by atoms with Crippen molar-refractivity contribution in [3.8, 4) is 0 Å². The number of nitro benzene ring substituents is 1. The number of non-ortho nitro benzene ring substituents is 1. The van der Waals surface area contributed by atoms with Crippen LogP contribution >= 0.6 is 0 Å². The minimum absolute atomic E-state index is 0.0497. The number of methoxy groups -OCH3 is 2. The van der Waals surface area contributed by atoms with Gasteiger partial charge in [0, 0.05) is 45.5 Å². The Kier molecular flexibility index (Phi) is 5.48. The molecule has 1 N–H and O–H groups in total. The zero-order valence-corrected chi connectivity index (χ0v) is 13.1. The average molecular weight is 325 g/mol. The highest BCUT2D eigenvalue weighted by molar-refractivity contribution is 5.92. The van der Waals surface area contributed by atoms with Crippen molar-refractivity contribution >= 4 is 17.4 Å². The fourth-order valence-electron chi connectivity index (χ4n) is 2.51. The first-order valence-corrected chi connectivity index (χ1v) is 6.98. The highest BCUT2D eigenvalue weighted by atomic mass is 16.8. The van der Waals surface area contributed by atoms with E-state index in [4.69, 9.17) is 14.2 Å². The third-order valence-corrected chi connectivity index (χ3v) is 3.63. The molecule has 1 heterocycles. The van der Waals surface area contributed by atoms with E-state index in [1.165, 1.54) is 50.4 Å². The van der Waals surface area contributed by atoms with Gasteiger partial charge in [0.1, 0.15) is 0 Å². The Morgan fingerprint density at radius 2 is 2.00 bits per heavy atom. The second-order valence-electron chi connectivity index (χ2n) is 4.91. The SMILES string of the molecule is CNC(=O)N(c1ccc([N+](=O)[O-])cc1)C1CC(OC)OC1OC. The first kappa shape index (κ1) is 17.1. The van der Waals surface area contributed by atoms with Gasteiger partial charge in [0.05, 0.1) is 11.0 Å². The molecule has 1 fully saturated rings. The summed E-state index contributed by atoms with van der Waals surface area (Å²) in [6, 6.07) is 4.92. The summed E-state index contributed by atoms with van der Waals surface area (Å²) in [4.78, 5) is 24.0. The van der Waals surface area contributed by atoms with Crippen LogP contribution in [0, 0.1) is 10.1 Å². The van der Waals surface area contributed by atoms with Gasteiger partial charge in [0.15, 0.2) is 12.6 Å². The zero-order chi connectivity index (χ0) is 17.0. The van der Waals surface area contributed by atoms with E-state index < -0.39 is 23.5 Å². The van der Waals surface area contributed by atoms with E-state index in [9.17, 15) is 14.9 Å². The number of anilines is 1. The van der Waals surface area contributed by atoms with Gasteiger partial charge >= 0.3 is 6.03 Å². The molecule has 0 radical (unpaired) electrons. The predicted octanol–water partition coefficient (Wildman–Crippen LogP) is 1.47. The Morgan fingerprint density at radius 3 is 2.48 bits per heavy atom.